The fourth-order valence-electron chi connectivity index (χ4n) is 2.62. The minimum atomic E-state index is -0.857. The average Bonchev–Trinajstić information content (AvgIpc) is 3.28. The van der Waals surface area contributed by atoms with Crippen LogP contribution in [0.25, 0.3) is 5.82 Å². The van der Waals surface area contributed by atoms with Gasteiger partial charge in [0.25, 0.3) is 0 Å². The third kappa shape index (κ3) is 4.38. The van der Waals surface area contributed by atoms with Gasteiger partial charge in [-0.25, -0.2) is 28.2 Å². The second-order valence-electron chi connectivity index (χ2n) is 6.09. The van der Waals surface area contributed by atoms with Crippen molar-refractivity contribution in [2.45, 2.75) is 0 Å². The monoisotopic (exact) mass is 407 g/mol. The fraction of sp³-hybridized carbons (Fsp3) is 0. The van der Waals surface area contributed by atoms with E-state index in [1.54, 1.807) is 53.5 Å². The molecule has 2 aromatic heterocycles. The van der Waals surface area contributed by atoms with Gasteiger partial charge in [0.2, 0.25) is 0 Å². The molecule has 2 aromatic carbocycles. The molecule has 0 bridgehead atoms. The van der Waals surface area contributed by atoms with E-state index in [0.29, 0.717) is 23.0 Å². The van der Waals surface area contributed by atoms with Crippen molar-refractivity contribution in [1.82, 2.24) is 19.7 Å². The largest absolute Gasteiger partial charge is 0.340 e. The maximum absolute atomic E-state index is 13.6. The number of halogens is 2. The quantitative estimate of drug-likeness (QED) is 0.458. The number of amides is 2. The first-order valence-electron chi connectivity index (χ1n) is 8.80. The van der Waals surface area contributed by atoms with Gasteiger partial charge in [-0.15, -0.1) is 0 Å². The summed E-state index contributed by atoms with van der Waals surface area (Å²) in [5.41, 5.74) is 0.644. The second-order valence-corrected chi connectivity index (χ2v) is 6.09. The number of urea groups is 1. The van der Waals surface area contributed by atoms with Crippen molar-refractivity contribution < 1.29 is 13.6 Å². The highest BCUT2D eigenvalue weighted by Crippen LogP contribution is 2.20. The lowest BCUT2D eigenvalue weighted by molar-refractivity contribution is 0.262. The van der Waals surface area contributed by atoms with E-state index in [0.717, 1.165) is 12.1 Å². The smallest absolute Gasteiger partial charge is 0.323 e. The molecule has 4 aromatic rings. The van der Waals surface area contributed by atoms with Gasteiger partial charge in [-0.05, 0) is 42.5 Å². The first kappa shape index (κ1) is 19.0. The molecular weight excluding hydrogens is 392 g/mol. The van der Waals surface area contributed by atoms with Crippen LogP contribution in [0.3, 0.4) is 0 Å². The number of nitrogens with one attached hydrogen (secondary N) is 3. The topological polar surface area (TPSA) is 96.8 Å². The second kappa shape index (κ2) is 8.35. The predicted molar refractivity (Wildman–Crippen MR) is 108 cm³/mol. The van der Waals surface area contributed by atoms with E-state index in [2.05, 4.69) is 31.0 Å². The van der Waals surface area contributed by atoms with Crippen molar-refractivity contribution in [2.75, 3.05) is 16.0 Å². The van der Waals surface area contributed by atoms with Gasteiger partial charge < -0.3 is 16.0 Å². The maximum Gasteiger partial charge on any atom is 0.323 e. The number of benzene rings is 2. The van der Waals surface area contributed by atoms with Crippen LogP contribution < -0.4 is 16.0 Å². The summed E-state index contributed by atoms with van der Waals surface area (Å²) in [5.74, 6) is -0.551. The van der Waals surface area contributed by atoms with E-state index >= 15 is 0 Å². The Labute approximate surface area is 169 Å². The minimum absolute atomic E-state index is 0.440. The minimum Gasteiger partial charge on any atom is -0.340 e. The van der Waals surface area contributed by atoms with Crippen LogP contribution in [0, 0.1) is 11.6 Å². The van der Waals surface area contributed by atoms with Gasteiger partial charge >= 0.3 is 6.03 Å². The molecule has 8 nitrogen and oxygen atoms in total. The van der Waals surface area contributed by atoms with E-state index in [9.17, 15) is 13.6 Å². The number of hydrogen-bond donors (Lipinski definition) is 3. The lowest BCUT2D eigenvalue weighted by Gasteiger charge is -2.10. The van der Waals surface area contributed by atoms with Gasteiger partial charge in [0.15, 0.2) is 5.82 Å². The zero-order chi connectivity index (χ0) is 20.9. The Balaban J connectivity index is 1.40. The molecule has 0 saturated carbocycles. The van der Waals surface area contributed by atoms with Crippen molar-refractivity contribution in [2.24, 2.45) is 0 Å². The summed E-state index contributed by atoms with van der Waals surface area (Å²) < 4.78 is 28.9. The number of anilines is 4. The van der Waals surface area contributed by atoms with Gasteiger partial charge in [0.05, 0.1) is 0 Å². The van der Waals surface area contributed by atoms with Gasteiger partial charge in [-0.2, -0.15) is 5.10 Å². The third-order valence-corrected chi connectivity index (χ3v) is 4.01. The molecule has 30 heavy (non-hydrogen) atoms. The number of aromatic nitrogens is 4. The number of para-hydroxylation sites is 1. The molecule has 3 N–H and O–H groups in total. The Morgan fingerprint density at radius 1 is 0.900 bits per heavy atom. The van der Waals surface area contributed by atoms with Gasteiger partial charge in [-0.3, -0.25) is 0 Å². The zero-order valence-electron chi connectivity index (χ0n) is 15.4. The van der Waals surface area contributed by atoms with Gasteiger partial charge in [-0.1, -0.05) is 6.07 Å². The molecule has 0 radical (unpaired) electrons. The molecule has 0 fully saturated rings. The van der Waals surface area contributed by atoms with E-state index < -0.39 is 23.4 Å². The first-order valence-corrected chi connectivity index (χ1v) is 8.80. The number of carbonyl (C=O) groups excluding carboxylic acids is 1. The number of rotatable bonds is 5. The summed E-state index contributed by atoms with van der Waals surface area (Å²) in [6.07, 6.45) is 4.84. The highest BCUT2D eigenvalue weighted by molar-refractivity contribution is 6.00. The van der Waals surface area contributed by atoms with Crippen LogP contribution in [0.4, 0.5) is 36.5 Å². The molecule has 0 unspecified atom stereocenters. The molecule has 0 aliphatic carbocycles. The highest BCUT2D eigenvalue weighted by atomic mass is 19.1. The molecule has 2 amide bonds. The Morgan fingerprint density at radius 2 is 1.63 bits per heavy atom. The Kier molecular flexibility index (Phi) is 5.29. The lowest BCUT2D eigenvalue weighted by atomic mass is 10.2. The summed E-state index contributed by atoms with van der Waals surface area (Å²) in [7, 11) is 0. The first-order chi connectivity index (χ1) is 14.6. The van der Waals surface area contributed by atoms with E-state index in [-0.39, 0.29) is 0 Å². The van der Waals surface area contributed by atoms with E-state index in [1.807, 2.05) is 0 Å². The van der Waals surface area contributed by atoms with Crippen LogP contribution in [-0.2, 0) is 0 Å². The van der Waals surface area contributed by atoms with Gasteiger partial charge in [0, 0.05) is 29.8 Å². The molecule has 150 valence electrons. The van der Waals surface area contributed by atoms with Gasteiger partial charge in [0.1, 0.15) is 29.5 Å². The summed E-state index contributed by atoms with van der Waals surface area (Å²) in [5, 5.41) is 11.9. The number of carbonyl (C=O) groups is 1. The summed E-state index contributed by atoms with van der Waals surface area (Å²) >= 11 is 0. The third-order valence-electron chi connectivity index (χ3n) is 4.01. The standard InChI is InChI=1S/C20H15F2N7O/c21-15-3-1-4-16(22)19(15)28-20(30)27-14-7-5-13(6-8-14)26-17-11-18(24-12-23-17)29-10-2-9-25-29/h1-12H,(H,23,24,26)(H2,27,28,30). The van der Waals surface area contributed by atoms with E-state index in [1.165, 1.54) is 12.4 Å². The van der Waals surface area contributed by atoms with Crippen molar-refractivity contribution in [3.8, 4) is 5.82 Å². The summed E-state index contributed by atoms with van der Waals surface area (Å²) in [6.45, 7) is 0. The van der Waals surface area contributed by atoms with Crippen LogP contribution in [0.2, 0.25) is 0 Å². The molecule has 10 heteroatoms. The SMILES string of the molecule is O=C(Nc1ccc(Nc2cc(-n3cccn3)ncn2)cc1)Nc1c(F)cccc1F. The van der Waals surface area contributed by atoms with Crippen LogP contribution in [-0.4, -0.2) is 25.8 Å². The van der Waals surface area contributed by atoms with Crippen molar-refractivity contribution in [3.05, 3.63) is 85.0 Å². The molecular formula is C20H15F2N7O. The molecule has 2 heterocycles. The fourth-order valence-corrected chi connectivity index (χ4v) is 2.62. The average molecular weight is 407 g/mol. The molecule has 0 aliphatic rings. The van der Waals surface area contributed by atoms with Crippen LogP contribution in [0.15, 0.2) is 73.3 Å². The van der Waals surface area contributed by atoms with Crippen LogP contribution in [0.5, 0.6) is 0 Å². The summed E-state index contributed by atoms with van der Waals surface area (Å²) in [6, 6.07) is 12.8. The molecule has 0 aliphatic heterocycles. The summed E-state index contributed by atoms with van der Waals surface area (Å²) in [4.78, 5) is 20.3. The number of nitrogens with zero attached hydrogens (tertiary/aromatic N) is 4. The van der Waals surface area contributed by atoms with Crippen molar-refractivity contribution in [1.29, 1.82) is 0 Å². The van der Waals surface area contributed by atoms with Crippen LogP contribution >= 0.6 is 0 Å². The van der Waals surface area contributed by atoms with E-state index in [4.69, 9.17) is 0 Å². The normalized spacial score (nSPS) is 10.5. The molecule has 0 spiro atoms. The van der Waals surface area contributed by atoms with Crippen LogP contribution in [0.1, 0.15) is 0 Å². The predicted octanol–water partition coefficient (Wildman–Crippen LogP) is 4.33. The Hall–Kier alpha value is -4.34. The zero-order valence-corrected chi connectivity index (χ0v) is 15.4. The lowest BCUT2D eigenvalue weighted by Crippen LogP contribution is -2.20. The Morgan fingerprint density at radius 3 is 2.33 bits per heavy atom. The number of hydrogen-bond acceptors (Lipinski definition) is 5. The van der Waals surface area contributed by atoms with Crippen molar-refractivity contribution >= 4 is 28.9 Å². The molecule has 0 saturated heterocycles. The molecule has 0 atom stereocenters. The highest BCUT2D eigenvalue weighted by Gasteiger charge is 2.12. The Bertz CT molecular complexity index is 1140. The maximum atomic E-state index is 13.6. The molecule has 4 rings (SSSR count). The van der Waals surface area contributed by atoms with Crippen molar-refractivity contribution in [3.63, 3.8) is 0 Å².